The van der Waals surface area contributed by atoms with Crippen LogP contribution in [0.15, 0.2) is 77.7 Å². The number of ether oxygens (including phenoxy) is 1. The molecule has 6 nitrogen and oxygen atoms in total. The molecule has 0 N–H and O–H groups in total. The van der Waals surface area contributed by atoms with Gasteiger partial charge in [-0.15, -0.1) is 6.58 Å². The van der Waals surface area contributed by atoms with Crippen LogP contribution in [-0.4, -0.2) is 41.8 Å². The molecule has 0 aliphatic rings. The minimum Gasteiger partial charge on any atom is -0.497 e. The lowest BCUT2D eigenvalue weighted by atomic mass is 10.1. The molecule has 7 heteroatoms. The van der Waals surface area contributed by atoms with Crippen LogP contribution in [0.25, 0.3) is 0 Å². The van der Waals surface area contributed by atoms with Crippen molar-refractivity contribution < 1.29 is 23.1 Å². The molecule has 172 valence electrons. The molecule has 33 heavy (non-hydrogen) atoms. The van der Waals surface area contributed by atoms with Gasteiger partial charge in [0.2, 0.25) is 5.91 Å². The normalized spacial score (nSPS) is 10.5. The fourth-order valence-corrected chi connectivity index (χ4v) is 3.36. The second-order valence-corrected chi connectivity index (χ2v) is 7.59. The van der Waals surface area contributed by atoms with E-state index in [2.05, 4.69) is 6.58 Å². The Morgan fingerprint density at radius 3 is 2.27 bits per heavy atom. The molecule has 1 aromatic heterocycles. The van der Waals surface area contributed by atoms with E-state index in [4.69, 9.17) is 9.15 Å². The zero-order valence-electron chi connectivity index (χ0n) is 18.8. The molecular weight excluding hydrogens is 423 g/mol. The molecule has 0 aliphatic heterocycles. The Balaban J connectivity index is 1.79. The molecule has 0 saturated carbocycles. The number of methoxy groups -OCH3 is 1. The predicted molar refractivity (Wildman–Crippen MR) is 123 cm³/mol. The summed E-state index contributed by atoms with van der Waals surface area (Å²) in [5.74, 6) is 1.10. The summed E-state index contributed by atoms with van der Waals surface area (Å²) in [7, 11) is 1.55. The summed E-state index contributed by atoms with van der Waals surface area (Å²) < 4.78 is 24.1. The number of hydrogen-bond acceptors (Lipinski definition) is 4. The van der Waals surface area contributed by atoms with Crippen molar-refractivity contribution in [1.82, 2.24) is 9.80 Å². The highest BCUT2D eigenvalue weighted by atomic mass is 19.1. The highest BCUT2D eigenvalue weighted by molar-refractivity contribution is 5.96. The summed E-state index contributed by atoms with van der Waals surface area (Å²) in [5, 5.41) is 0. The first-order valence-electron chi connectivity index (χ1n) is 10.5. The molecule has 3 aromatic rings. The van der Waals surface area contributed by atoms with Crippen molar-refractivity contribution in [2.24, 2.45) is 0 Å². The van der Waals surface area contributed by atoms with Crippen molar-refractivity contribution in [3.05, 3.63) is 102 Å². The third kappa shape index (κ3) is 6.55. The van der Waals surface area contributed by atoms with Gasteiger partial charge in [0.15, 0.2) is 0 Å². The Bertz CT molecular complexity index is 1090. The van der Waals surface area contributed by atoms with Crippen LogP contribution in [0, 0.1) is 12.7 Å². The van der Waals surface area contributed by atoms with Gasteiger partial charge in [-0.05, 0) is 61.0 Å². The average Bonchev–Trinajstić information content (AvgIpc) is 3.23. The number of rotatable bonds is 10. The van der Waals surface area contributed by atoms with Crippen LogP contribution in [0.3, 0.4) is 0 Å². The summed E-state index contributed by atoms with van der Waals surface area (Å²) in [5.41, 5.74) is 1.21. The number of hydrogen-bond donors (Lipinski definition) is 0. The molecule has 0 fully saturated rings. The largest absolute Gasteiger partial charge is 0.497 e. The second kappa shape index (κ2) is 11.1. The second-order valence-electron chi connectivity index (χ2n) is 7.59. The molecule has 0 atom stereocenters. The molecule has 0 saturated heterocycles. The Hall–Kier alpha value is -3.87. The Labute approximate surface area is 192 Å². The Morgan fingerprint density at radius 2 is 1.70 bits per heavy atom. The van der Waals surface area contributed by atoms with E-state index >= 15 is 0 Å². The van der Waals surface area contributed by atoms with Gasteiger partial charge in [-0.1, -0.05) is 18.2 Å². The van der Waals surface area contributed by atoms with Crippen LogP contribution >= 0.6 is 0 Å². The van der Waals surface area contributed by atoms with E-state index in [0.717, 1.165) is 11.3 Å². The number of nitrogens with zero attached hydrogens (tertiary/aromatic N) is 2. The van der Waals surface area contributed by atoms with Gasteiger partial charge in [0, 0.05) is 18.7 Å². The summed E-state index contributed by atoms with van der Waals surface area (Å²) in [6, 6.07) is 16.3. The van der Waals surface area contributed by atoms with Crippen molar-refractivity contribution >= 4 is 11.8 Å². The summed E-state index contributed by atoms with van der Waals surface area (Å²) in [6.45, 7) is 6.08. The molecule has 0 spiro atoms. The van der Waals surface area contributed by atoms with E-state index in [0.29, 0.717) is 17.1 Å². The number of benzene rings is 2. The third-order valence-electron chi connectivity index (χ3n) is 5.08. The molecule has 2 amide bonds. The quantitative estimate of drug-likeness (QED) is 0.424. The lowest BCUT2D eigenvalue weighted by molar-refractivity contribution is -0.133. The van der Waals surface area contributed by atoms with E-state index < -0.39 is 0 Å². The van der Waals surface area contributed by atoms with Crippen molar-refractivity contribution in [2.75, 3.05) is 20.2 Å². The third-order valence-corrected chi connectivity index (χ3v) is 5.08. The fourth-order valence-electron chi connectivity index (χ4n) is 3.36. The molecule has 0 aliphatic carbocycles. The van der Waals surface area contributed by atoms with Crippen molar-refractivity contribution in [2.45, 2.75) is 20.0 Å². The molecule has 3 rings (SSSR count). The number of aryl methyl sites for hydroxylation is 1. The van der Waals surface area contributed by atoms with Gasteiger partial charge in [-0.25, -0.2) is 4.39 Å². The van der Waals surface area contributed by atoms with Crippen LogP contribution in [0.1, 0.15) is 27.4 Å². The maximum absolute atomic E-state index is 13.3. The smallest absolute Gasteiger partial charge is 0.254 e. The lowest BCUT2D eigenvalue weighted by Crippen LogP contribution is -2.42. The molecule has 2 aromatic carbocycles. The Morgan fingerprint density at radius 1 is 1.00 bits per heavy atom. The number of halogens is 1. The highest BCUT2D eigenvalue weighted by Crippen LogP contribution is 2.16. The van der Waals surface area contributed by atoms with Crippen LogP contribution in [0.2, 0.25) is 0 Å². The van der Waals surface area contributed by atoms with E-state index in [9.17, 15) is 14.0 Å². The average molecular weight is 451 g/mol. The minimum atomic E-state index is -0.347. The zero-order chi connectivity index (χ0) is 23.8. The highest BCUT2D eigenvalue weighted by Gasteiger charge is 2.23. The van der Waals surface area contributed by atoms with E-state index in [1.54, 1.807) is 54.5 Å². The molecule has 0 bridgehead atoms. The SMILES string of the molecule is C=CCN(CC(=O)N(Cc1ccc(F)cc1)Cc1ccc(C)o1)C(=O)c1ccc(OC)cc1. The van der Waals surface area contributed by atoms with Gasteiger partial charge in [-0.2, -0.15) is 0 Å². The molecule has 0 radical (unpaired) electrons. The summed E-state index contributed by atoms with van der Waals surface area (Å²) in [4.78, 5) is 29.4. The van der Waals surface area contributed by atoms with Crippen molar-refractivity contribution in [3.8, 4) is 5.75 Å². The molecular formula is C26H27FN2O4. The maximum atomic E-state index is 13.3. The molecule has 1 heterocycles. The van der Waals surface area contributed by atoms with Gasteiger partial charge in [0.25, 0.3) is 5.91 Å². The molecule has 0 unspecified atom stereocenters. The van der Waals surface area contributed by atoms with Gasteiger partial charge >= 0.3 is 0 Å². The number of carbonyl (C=O) groups is 2. The van der Waals surface area contributed by atoms with Gasteiger partial charge in [0.1, 0.15) is 29.6 Å². The van der Waals surface area contributed by atoms with Gasteiger partial charge < -0.3 is 19.0 Å². The van der Waals surface area contributed by atoms with E-state index in [-0.39, 0.29) is 43.8 Å². The monoisotopic (exact) mass is 450 g/mol. The predicted octanol–water partition coefficient (Wildman–Crippen LogP) is 4.59. The van der Waals surface area contributed by atoms with E-state index in [1.807, 2.05) is 19.1 Å². The first kappa shape index (κ1) is 23.8. The fraction of sp³-hybridized carbons (Fsp3) is 0.231. The van der Waals surface area contributed by atoms with Gasteiger partial charge in [-0.3, -0.25) is 9.59 Å². The first-order chi connectivity index (χ1) is 15.9. The topological polar surface area (TPSA) is 63.0 Å². The van der Waals surface area contributed by atoms with Crippen LogP contribution in [-0.2, 0) is 17.9 Å². The Kier molecular flexibility index (Phi) is 8.02. The van der Waals surface area contributed by atoms with Gasteiger partial charge in [0.05, 0.1) is 13.7 Å². The van der Waals surface area contributed by atoms with Crippen LogP contribution in [0.4, 0.5) is 4.39 Å². The first-order valence-corrected chi connectivity index (χ1v) is 10.5. The van der Waals surface area contributed by atoms with Crippen LogP contribution < -0.4 is 4.74 Å². The zero-order valence-corrected chi connectivity index (χ0v) is 18.8. The van der Waals surface area contributed by atoms with Crippen molar-refractivity contribution in [3.63, 3.8) is 0 Å². The minimum absolute atomic E-state index is 0.141. The lowest BCUT2D eigenvalue weighted by Gasteiger charge is -2.27. The number of carbonyl (C=O) groups excluding carboxylic acids is 2. The summed E-state index contributed by atoms with van der Waals surface area (Å²) in [6.07, 6.45) is 1.58. The summed E-state index contributed by atoms with van der Waals surface area (Å²) >= 11 is 0. The van der Waals surface area contributed by atoms with Crippen molar-refractivity contribution in [1.29, 1.82) is 0 Å². The standard InChI is InChI=1S/C26H27FN2O4/c1-4-15-28(26(31)21-8-13-23(32-3)14-9-21)18-25(30)29(17-24-12-5-19(2)33-24)16-20-6-10-22(27)11-7-20/h4-14H,1,15-18H2,2-3H3. The van der Waals surface area contributed by atoms with E-state index in [1.165, 1.54) is 17.0 Å². The maximum Gasteiger partial charge on any atom is 0.254 e. The van der Waals surface area contributed by atoms with Crippen LogP contribution in [0.5, 0.6) is 5.75 Å². The number of furan rings is 1. The number of amides is 2.